The number of hydrogen-bond donors (Lipinski definition) is 0. The van der Waals surface area contributed by atoms with E-state index in [1.165, 1.54) is 6.07 Å². The van der Waals surface area contributed by atoms with Crippen molar-refractivity contribution in [2.45, 2.75) is 12.3 Å². The molecule has 68 valence electrons. The molecule has 1 aromatic heterocycles. The van der Waals surface area contributed by atoms with Gasteiger partial charge in [-0.3, -0.25) is 4.98 Å². The molecule has 0 aromatic carbocycles. The van der Waals surface area contributed by atoms with Gasteiger partial charge in [0.25, 0.3) is 6.43 Å². The van der Waals surface area contributed by atoms with Crippen LogP contribution in [0.2, 0.25) is 0 Å². The van der Waals surface area contributed by atoms with Crippen molar-refractivity contribution in [3.8, 4) is 6.07 Å². The number of pyridine rings is 1. The van der Waals surface area contributed by atoms with E-state index >= 15 is 0 Å². The monoisotopic (exact) mass is 202 g/mol. The van der Waals surface area contributed by atoms with E-state index in [0.717, 1.165) is 6.20 Å². The maximum atomic E-state index is 12.2. The molecule has 1 heterocycles. The third kappa shape index (κ3) is 2.13. The summed E-state index contributed by atoms with van der Waals surface area (Å²) in [7, 11) is 0. The van der Waals surface area contributed by atoms with Crippen LogP contribution >= 0.6 is 11.6 Å². The second-order valence-electron chi connectivity index (χ2n) is 2.31. The van der Waals surface area contributed by atoms with Gasteiger partial charge in [-0.2, -0.15) is 5.26 Å². The zero-order chi connectivity index (χ0) is 9.84. The number of alkyl halides is 3. The summed E-state index contributed by atoms with van der Waals surface area (Å²) in [6, 6.07) is 2.95. The van der Waals surface area contributed by atoms with E-state index in [-0.39, 0.29) is 17.0 Å². The first kappa shape index (κ1) is 9.87. The van der Waals surface area contributed by atoms with E-state index in [2.05, 4.69) is 4.98 Å². The molecule has 1 rings (SSSR count). The van der Waals surface area contributed by atoms with Gasteiger partial charge < -0.3 is 0 Å². The normalized spacial score (nSPS) is 10.1. The first-order valence-corrected chi connectivity index (χ1v) is 3.95. The van der Waals surface area contributed by atoms with Crippen molar-refractivity contribution in [3.63, 3.8) is 0 Å². The Morgan fingerprint density at radius 1 is 1.62 bits per heavy atom. The maximum absolute atomic E-state index is 12.2. The van der Waals surface area contributed by atoms with Gasteiger partial charge in [0.15, 0.2) is 0 Å². The van der Waals surface area contributed by atoms with Gasteiger partial charge in [-0.25, -0.2) is 8.78 Å². The quantitative estimate of drug-likeness (QED) is 0.692. The van der Waals surface area contributed by atoms with Gasteiger partial charge in [0, 0.05) is 6.20 Å². The lowest BCUT2D eigenvalue weighted by atomic mass is 10.1. The molecule has 0 aliphatic heterocycles. The average Bonchev–Trinajstić information content (AvgIpc) is 2.16. The van der Waals surface area contributed by atoms with Gasteiger partial charge in [0.05, 0.1) is 28.8 Å². The first-order chi connectivity index (χ1) is 6.19. The van der Waals surface area contributed by atoms with Gasteiger partial charge >= 0.3 is 0 Å². The molecular formula is C8H5ClF2N2. The van der Waals surface area contributed by atoms with Crippen LogP contribution < -0.4 is 0 Å². The molecule has 0 amide bonds. The SMILES string of the molecule is N#Cc1cc(CCl)ncc1C(F)F. The third-order valence-electron chi connectivity index (χ3n) is 1.48. The lowest BCUT2D eigenvalue weighted by Crippen LogP contribution is -1.95. The Hall–Kier alpha value is -1.21. The second kappa shape index (κ2) is 4.15. The molecular weight excluding hydrogens is 198 g/mol. The minimum atomic E-state index is -2.67. The predicted molar refractivity (Wildman–Crippen MR) is 43.5 cm³/mol. The van der Waals surface area contributed by atoms with Crippen LogP contribution in [-0.2, 0) is 5.88 Å². The highest BCUT2D eigenvalue weighted by molar-refractivity contribution is 6.16. The van der Waals surface area contributed by atoms with Crippen LogP contribution in [0.5, 0.6) is 0 Å². The van der Waals surface area contributed by atoms with Crippen molar-refractivity contribution >= 4 is 11.6 Å². The lowest BCUT2D eigenvalue weighted by molar-refractivity contribution is 0.150. The van der Waals surface area contributed by atoms with Crippen molar-refractivity contribution in [2.24, 2.45) is 0 Å². The molecule has 0 atom stereocenters. The van der Waals surface area contributed by atoms with Crippen molar-refractivity contribution in [3.05, 3.63) is 29.1 Å². The van der Waals surface area contributed by atoms with Crippen LogP contribution in [0.3, 0.4) is 0 Å². The van der Waals surface area contributed by atoms with E-state index in [1.54, 1.807) is 6.07 Å². The predicted octanol–water partition coefficient (Wildman–Crippen LogP) is 2.63. The second-order valence-corrected chi connectivity index (χ2v) is 2.58. The number of aromatic nitrogens is 1. The van der Waals surface area contributed by atoms with Crippen molar-refractivity contribution < 1.29 is 8.78 Å². The molecule has 0 fully saturated rings. The highest BCUT2D eigenvalue weighted by Crippen LogP contribution is 2.22. The van der Waals surface area contributed by atoms with E-state index in [1.807, 2.05) is 0 Å². The van der Waals surface area contributed by atoms with E-state index in [4.69, 9.17) is 16.9 Å². The summed E-state index contributed by atoms with van der Waals surface area (Å²) in [5.41, 5.74) is -0.000340. The van der Waals surface area contributed by atoms with Gasteiger partial charge in [0.1, 0.15) is 0 Å². The molecule has 0 unspecified atom stereocenters. The highest BCUT2D eigenvalue weighted by Gasteiger charge is 2.13. The lowest BCUT2D eigenvalue weighted by Gasteiger charge is -2.02. The molecule has 0 aliphatic carbocycles. The fraction of sp³-hybridized carbons (Fsp3) is 0.250. The average molecular weight is 203 g/mol. The fourth-order valence-electron chi connectivity index (χ4n) is 0.853. The smallest absolute Gasteiger partial charge is 0.259 e. The Balaban J connectivity index is 3.18. The Morgan fingerprint density at radius 2 is 2.31 bits per heavy atom. The number of halogens is 3. The third-order valence-corrected chi connectivity index (χ3v) is 1.76. The number of nitriles is 1. The summed E-state index contributed by atoms with van der Waals surface area (Å²) in [6.07, 6.45) is -1.69. The molecule has 13 heavy (non-hydrogen) atoms. The first-order valence-electron chi connectivity index (χ1n) is 3.42. The molecule has 0 saturated heterocycles. The van der Waals surface area contributed by atoms with E-state index in [0.29, 0.717) is 5.69 Å². The topological polar surface area (TPSA) is 36.7 Å². The molecule has 1 aromatic rings. The summed E-state index contributed by atoms with van der Waals surface area (Å²) in [4.78, 5) is 3.66. The molecule has 5 heteroatoms. The summed E-state index contributed by atoms with van der Waals surface area (Å²) in [5.74, 6) is 0.109. The van der Waals surface area contributed by atoms with Gasteiger partial charge in [-0.1, -0.05) is 0 Å². The summed E-state index contributed by atoms with van der Waals surface area (Å²) < 4.78 is 24.5. The minimum Gasteiger partial charge on any atom is -0.259 e. The largest absolute Gasteiger partial charge is 0.266 e. The Kier molecular flexibility index (Phi) is 3.15. The molecule has 0 saturated carbocycles. The van der Waals surface area contributed by atoms with Crippen molar-refractivity contribution in [1.29, 1.82) is 5.26 Å². The van der Waals surface area contributed by atoms with Gasteiger partial charge in [0.2, 0.25) is 0 Å². The number of rotatable bonds is 2. The molecule has 0 aliphatic rings. The number of nitrogens with zero attached hydrogens (tertiary/aromatic N) is 2. The molecule has 0 bridgehead atoms. The zero-order valence-corrected chi connectivity index (χ0v) is 7.22. The summed E-state index contributed by atoms with van der Waals surface area (Å²) >= 11 is 5.43. The van der Waals surface area contributed by atoms with Crippen LogP contribution in [-0.4, -0.2) is 4.98 Å². The standard InChI is InChI=1S/C8H5ClF2N2/c9-2-6-1-5(3-12)7(4-13-6)8(10)11/h1,4,8H,2H2. The zero-order valence-electron chi connectivity index (χ0n) is 6.47. The Labute approximate surface area is 78.8 Å². The Bertz CT molecular complexity index is 346. The van der Waals surface area contributed by atoms with Crippen LogP contribution in [0.15, 0.2) is 12.3 Å². The maximum Gasteiger partial charge on any atom is 0.266 e. The van der Waals surface area contributed by atoms with Crippen LogP contribution in [0.25, 0.3) is 0 Å². The van der Waals surface area contributed by atoms with Crippen molar-refractivity contribution in [1.82, 2.24) is 4.98 Å². The molecule has 2 nitrogen and oxygen atoms in total. The molecule has 0 radical (unpaired) electrons. The summed E-state index contributed by atoms with van der Waals surface area (Å²) in [5, 5.41) is 8.53. The highest BCUT2D eigenvalue weighted by atomic mass is 35.5. The van der Waals surface area contributed by atoms with Gasteiger partial charge in [-0.05, 0) is 6.07 Å². The molecule has 0 N–H and O–H groups in total. The summed E-state index contributed by atoms with van der Waals surface area (Å²) in [6.45, 7) is 0. The van der Waals surface area contributed by atoms with E-state index in [9.17, 15) is 8.78 Å². The van der Waals surface area contributed by atoms with Crippen LogP contribution in [0, 0.1) is 11.3 Å². The number of hydrogen-bond acceptors (Lipinski definition) is 2. The minimum absolute atomic E-state index is 0.0688. The van der Waals surface area contributed by atoms with Crippen LogP contribution in [0.4, 0.5) is 8.78 Å². The van der Waals surface area contributed by atoms with Crippen molar-refractivity contribution in [2.75, 3.05) is 0 Å². The molecule has 0 spiro atoms. The Morgan fingerprint density at radius 3 is 2.77 bits per heavy atom. The van der Waals surface area contributed by atoms with E-state index < -0.39 is 6.43 Å². The fourth-order valence-corrected chi connectivity index (χ4v) is 0.999. The van der Waals surface area contributed by atoms with Crippen LogP contribution in [0.1, 0.15) is 23.2 Å². The van der Waals surface area contributed by atoms with Gasteiger partial charge in [-0.15, -0.1) is 11.6 Å².